The molecule has 4 heteroatoms. The number of carbonyl (C=O) groups is 1. The molecule has 0 aromatic heterocycles. The Kier molecular flexibility index (Phi) is 7.67. The number of nitrogens with two attached hydrogens (primary N) is 1. The van der Waals surface area contributed by atoms with Crippen molar-refractivity contribution >= 4 is 6.03 Å². The van der Waals surface area contributed by atoms with Gasteiger partial charge in [-0.05, 0) is 0 Å². The normalized spacial score (nSPS) is 4.80. The first-order chi connectivity index (χ1) is 1.73. The fourth-order valence-electron chi connectivity index (χ4n) is 0. The number of hydrogen-bond acceptors (Lipinski definition) is 1. The van der Waals surface area contributed by atoms with Crippen LogP contribution in [0, 0.1) is 0 Å². The second kappa shape index (κ2) is 4.27. The van der Waals surface area contributed by atoms with Crippen molar-refractivity contribution in [1.82, 2.24) is 0 Å². The van der Waals surface area contributed by atoms with Crippen molar-refractivity contribution in [3.8, 4) is 0 Å². The number of carbonyl (C=O) groups excluding carboxylic acids is 1. The third kappa shape index (κ3) is 302. The molecule has 0 radical (unpaired) electrons. The molecule has 0 aromatic carbocycles. The predicted octanol–water partition coefficient (Wildman–Crippen LogP) is -2.88. The monoisotopic (exact) mass is 82.0 g/mol. The summed E-state index contributed by atoms with van der Waals surface area (Å²) >= 11 is 0. The van der Waals surface area contributed by atoms with Crippen LogP contribution in [0.25, 0.3) is 5.73 Å². The summed E-state index contributed by atoms with van der Waals surface area (Å²) in [6.07, 6.45) is 0. The van der Waals surface area contributed by atoms with Gasteiger partial charge in [-0.25, -0.2) is 0 Å². The SMILES string of the molecule is [NH-]C(N)=O.[Na+]. The second-order valence-electron chi connectivity index (χ2n) is 0.364. The maximum Gasteiger partial charge on any atom is 1.00 e. The Hall–Kier alpha value is 0.270. The smallest absolute Gasteiger partial charge is 0.463 e. The first-order valence-electron chi connectivity index (χ1n) is 0.743. The molecule has 5 heavy (non-hydrogen) atoms. The van der Waals surface area contributed by atoms with Gasteiger partial charge in [0.15, 0.2) is 0 Å². The van der Waals surface area contributed by atoms with Crippen molar-refractivity contribution in [2.45, 2.75) is 0 Å². The quantitative estimate of drug-likeness (QED) is 0.313. The van der Waals surface area contributed by atoms with E-state index in [9.17, 15) is 0 Å². The molecule has 0 saturated heterocycles. The molecule has 0 aliphatic carbocycles. The molecule has 0 unspecified atom stereocenters. The minimum Gasteiger partial charge on any atom is -0.463 e. The molecule has 24 valence electrons. The molecule has 0 bridgehead atoms. The van der Waals surface area contributed by atoms with Gasteiger partial charge in [0.1, 0.15) is 6.03 Å². The van der Waals surface area contributed by atoms with Crippen LogP contribution in [0.2, 0.25) is 0 Å². The summed E-state index contributed by atoms with van der Waals surface area (Å²) in [6.45, 7) is 0. The zero-order valence-electron chi connectivity index (χ0n) is 2.99. The first kappa shape index (κ1) is 8.99. The largest absolute Gasteiger partial charge is 1.00 e. The van der Waals surface area contributed by atoms with Gasteiger partial charge in [0.05, 0.1) is 0 Å². The molecule has 3 N–H and O–H groups in total. The number of amides is 2. The molecule has 0 heterocycles. The minimum absolute atomic E-state index is 0. The Bertz CT molecular complexity index is 32.6. The summed E-state index contributed by atoms with van der Waals surface area (Å²) < 4.78 is 0. The van der Waals surface area contributed by atoms with Crippen LogP contribution in [0.3, 0.4) is 0 Å². The van der Waals surface area contributed by atoms with Gasteiger partial charge in [-0.15, -0.1) is 0 Å². The van der Waals surface area contributed by atoms with E-state index in [4.69, 9.17) is 10.5 Å². The molecule has 0 aliphatic heterocycles. The van der Waals surface area contributed by atoms with Crippen molar-refractivity contribution in [2.75, 3.05) is 0 Å². The van der Waals surface area contributed by atoms with E-state index >= 15 is 0 Å². The number of nitrogens with one attached hydrogen (secondary N) is 1. The zero-order valence-corrected chi connectivity index (χ0v) is 4.99. The molecular formula is CH3N2NaO. The van der Waals surface area contributed by atoms with E-state index in [0.717, 1.165) is 0 Å². The maximum absolute atomic E-state index is 8.89. The Morgan fingerprint density at radius 3 is 1.80 bits per heavy atom. The summed E-state index contributed by atoms with van der Waals surface area (Å²) in [5, 5.41) is 0. The van der Waals surface area contributed by atoms with Crippen LogP contribution < -0.4 is 35.3 Å². The fraction of sp³-hybridized carbons (Fsp3) is 0. The number of hydrogen-bond donors (Lipinski definition) is 1. The minimum atomic E-state index is -1.08. The molecule has 3 nitrogen and oxygen atoms in total. The zero-order chi connectivity index (χ0) is 3.58. The molecule has 0 saturated carbocycles. The number of primary amides is 1. The third-order valence-corrected chi connectivity index (χ3v) is 0. The molecular weight excluding hydrogens is 79.0 g/mol. The summed E-state index contributed by atoms with van der Waals surface area (Å²) in [5.74, 6) is 0. The van der Waals surface area contributed by atoms with Gasteiger partial charge in [-0.1, -0.05) is 0 Å². The van der Waals surface area contributed by atoms with Gasteiger partial charge >= 0.3 is 29.6 Å². The van der Waals surface area contributed by atoms with Gasteiger partial charge in [0.2, 0.25) is 0 Å². The maximum atomic E-state index is 8.89. The topological polar surface area (TPSA) is 66.9 Å². The van der Waals surface area contributed by atoms with Crippen molar-refractivity contribution < 1.29 is 34.4 Å². The van der Waals surface area contributed by atoms with Crippen LogP contribution in [0.4, 0.5) is 4.79 Å². The van der Waals surface area contributed by atoms with Crippen LogP contribution >= 0.6 is 0 Å². The average molecular weight is 82.0 g/mol. The van der Waals surface area contributed by atoms with E-state index in [1.165, 1.54) is 0 Å². The molecule has 0 aromatic rings. The Morgan fingerprint density at radius 1 is 1.80 bits per heavy atom. The van der Waals surface area contributed by atoms with Crippen molar-refractivity contribution in [1.29, 1.82) is 0 Å². The molecule has 0 aliphatic rings. The molecule has 0 atom stereocenters. The molecule has 2 amide bonds. The van der Waals surface area contributed by atoms with E-state index < -0.39 is 6.03 Å². The summed E-state index contributed by atoms with van der Waals surface area (Å²) in [5.41, 5.74) is 9.86. The summed E-state index contributed by atoms with van der Waals surface area (Å²) in [4.78, 5) is 8.89. The van der Waals surface area contributed by atoms with Crippen LogP contribution in [0.5, 0.6) is 0 Å². The Balaban J connectivity index is 0. The van der Waals surface area contributed by atoms with E-state index in [-0.39, 0.29) is 29.6 Å². The molecule has 0 fully saturated rings. The van der Waals surface area contributed by atoms with Crippen LogP contribution in [0.15, 0.2) is 0 Å². The fourth-order valence-corrected chi connectivity index (χ4v) is 0. The van der Waals surface area contributed by atoms with Crippen molar-refractivity contribution in [3.63, 3.8) is 0 Å². The van der Waals surface area contributed by atoms with E-state index in [1.807, 2.05) is 0 Å². The van der Waals surface area contributed by atoms with Gasteiger partial charge in [-0.3, -0.25) is 4.79 Å². The van der Waals surface area contributed by atoms with E-state index in [2.05, 4.69) is 5.73 Å². The van der Waals surface area contributed by atoms with Gasteiger partial charge < -0.3 is 11.5 Å². The average Bonchev–Trinajstić information content (AvgIpc) is 0.811. The second-order valence-corrected chi connectivity index (χ2v) is 0.364. The standard InChI is InChI=1S/CH4N2O.Na/c2-1(3)4;/h(H4,2,3,4);/q;+1/p-1. The predicted molar refractivity (Wildman–Crippen MR) is 13.9 cm³/mol. The van der Waals surface area contributed by atoms with Crippen LogP contribution in [-0.2, 0) is 0 Å². The van der Waals surface area contributed by atoms with E-state index in [0.29, 0.717) is 0 Å². The van der Waals surface area contributed by atoms with Crippen molar-refractivity contribution in [3.05, 3.63) is 5.73 Å². The number of urea groups is 1. The molecule has 0 rings (SSSR count). The van der Waals surface area contributed by atoms with Crippen LogP contribution in [0.1, 0.15) is 0 Å². The Labute approximate surface area is 52.0 Å². The van der Waals surface area contributed by atoms with Gasteiger partial charge in [0.25, 0.3) is 0 Å². The summed E-state index contributed by atoms with van der Waals surface area (Å²) in [6, 6.07) is -1.08. The first-order valence-corrected chi connectivity index (χ1v) is 0.743. The number of rotatable bonds is 0. The van der Waals surface area contributed by atoms with E-state index in [1.54, 1.807) is 0 Å². The molecule has 0 spiro atoms. The van der Waals surface area contributed by atoms with Gasteiger partial charge in [0, 0.05) is 0 Å². The van der Waals surface area contributed by atoms with Gasteiger partial charge in [-0.2, -0.15) is 0 Å². The Morgan fingerprint density at radius 2 is 1.80 bits per heavy atom. The van der Waals surface area contributed by atoms with Crippen LogP contribution in [-0.4, -0.2) is 6.03 Å². The third-order valence-electron chi connectivity index (χ3n) is 0. The summed E-state index contributed by atoms with van der Waals surface area (Å²) in [7, 11) is 0. The van der Waals surface area contributed by atoms with Crippen molar-refractivity contribution in [2.24, 2.45) is 5.73 Å².